The van der Waals surface area contributed by atoms with Crippen LogP contribution in [0.1, 0.15) is 74.7 Å². The number of nitrogens with one attached hydrogen (secondary N) is 1. The Kier molecular flexibility index (Phi) is 17.3. The van der Waals surface area contributed by atoms with Crippen LogP contribution in [-0.2, 0) is 22.6 Å². The molecule has 1 unspecified atom stereocenters. The predicted molar refractivity (Wildman–Crippen MR) is 138 cm³/mol. The molecule has 0 heterocycles. The third-order valence-electron chi connectivity index (χ3n) is 5.54. The summed E-state index contributed by atoms with van der Waals surface area (Å²) >= 11 is 0. The first-order valence-corrected chi connectivity index (χ1v) is 12.6. The van der Waals surface area contributed by atoms with E-state index >= 15 is 0 Å². The van der Waals surface area contributed by atoms with E-state index in [0.29, 0.717) is 17.7 Å². The number of phenols is 1. The van der Waals surface area contributed by atoms with E-state index in [9.17, 15) is 20.1 Å². The number of aliphatic hydroxyl groups is 2. The molecule has 5 N–H and O–H groups in total. The number of unbranched alkanes of at least 4 members (excludes halogenated alkanes) is 4. The van der Waals surface area contributed by atoms with Gasteiger partial charge in [-0.3, -0.25) is 4.79 Å². The number of carboxylic acid groups (broad SMARTS) is 1. The SMILES string of the molecule is CCC(=O)O.OCc1cc(C(O)CNCCCCCCOCCCCc2ccccc2)ccc1O. The second kappa shape index (κ2) is 19.8. The van der Waals surface area contributed by atoms with Gasteiger partial charge < -0.3 is 30.5 Å². The molecule has 0 amide bonds. The Labute approximate surface area is 209 Å². The van der Waals surface area contributed by atoms with Crippen LogP contribution in [0.2, 0.25) is 0 Å². The molecule has 0 saturated heterocycles. The van der Waals surface area contributed by atoms with Gasteiger partial charge in [0.2, 0.25) is 0 Å². The van der Waals surface area contributed by atoms with Gasteiger partial charge in [-0.15, -0.1) is 0 Å². The number of benzene rings is 2. The Balaban J connectivity index is 0.00000111. The summed E-state index contributed by atoms with van der Waals surface area (Å²) in [5.74, 6) is -0.692. The lowest BCUT2D eigenvalue weighted by atomic mass is 10.1. The minimum Gasteiger partial charge on any atom is -0.508 e. The zero-order chi connectivity index (χ0) is 25.7. The molecule has 1 atom stereocenters. The summed E-state index contributed by atoms with van der Waals surface area (Å²) in [7, 11) is 0. The predicted octanol–water partition coefficient (Wildman–Crippen LogP) is 4.59. The topological polar surface area (TPSA) is 119 Å². The molecular weight excluding hydrogens is 446 g/mol. The minimum absolute atomic E-state index is 0.0533. The van der Waals surface area contributed by atoms with E-state index in [1.54, 1.807) is 19.1 Å². The summed E-state index contributed by atoms with van der Waals surface area (Å²) in [5, 5.41) is 40.0. The summed E-state index contributed by atoms with van der Waals surface area (Å²) in [6, 6.07) is 15.4. The second-order valence-corrected chi connectivity index (χ2v) is 8.48. The Bertz CT molecular complexity index is 799. The maximum atomic E-state index is 10.2. The van der Waals surface area contributed by atoms with Gasteiger partial charge >= 0.3 is 5.97 Å². The second-order valence-electron chi connectivity index (χ2n) is 8.48. The first-order valence-electron chi connectivity index (χ1n) is 12.6. The van der Waals surface area contributed by atoms with Crippen molar-refractivity contribution in [1.82, 2.24) is 5.32 Å². The number of aryl methyl sites for hydroxylation is 1. The largest absolute Gasteiger partial charge is 0.508 e. The molecule has 0 aliphatic rings. The number of hydrogen-bond donors (Lipinski definition) is 5. The molecule has 0 bridgehead atoms. The number of carbonyl (C=O) groups is 1. The van der Waals surface area contributed by atoms with Gasteiger partial charge in [0.05, 0.1) is 12.7 Å². The van der Waals surface area contributed by atoms with Gasteiger partial charge in [-0.1, -0.05) is 56.2 Å². The van der Waals surface area contributed by atoms with Crippen LogP contribution >= 0.6 is 0 Å². The molecule has 0 aliphatic carbocycles. The number of hydrogen-bond acceptors (Lipinski definition) is 6. The van der Waals surface area contributed by atoms with E-state index in [1.807, 2.05) is 0 Å². The van der Waals surface area contributed by atoms with Gasteiger partial charge in [0.25, 0.3) is 0 Å². The molecule has 0 fully saturated rings. The van der Waals surface area contributed by atoms with Crippen molar-refractivity contribution in [3.63, 3.8) is 0 Å². The van der Waals surface area contributed by atoms with E-state index in [-0.39, 0.29) is 18.8 Å². The van der Waals surface area contributed by atoms with Crippen molar-refractivity contribution in [3.8, 4) is 5.75 Å². The Morgan fingerprint density at radius 3 is 2.29 bits per heavy atom. The van der Waals surface area contributed by atoms with E-state index in [4.69, 9.17) is 9.84 Å². The van der Waals surface area contributed by atoms with Crippen LogP contribution in [0.15, 0.2) is 48.5 Å². The Morgan fingerprint density at radius 2 is 1.63 bits per heavy atom. The van der Waals surface area contributed by atoms with Crippen LogP contribution in [-0.4, -0.2) is 52.7 Å². The van der Waals surface area contributed by atoms with Gasteiger partial charge in [-0.2, -0.15) is 0 Å². The monoisotopic (exact) mass is 489 g/mol. The highest BCUT2D eigenvalue weighted by Gasteiger charge is 2.09. The summed E-state index contributed by atoms with van der Waals surface area (Å²) in [4.78, 5) is 9.37. The number of ether oxygens (including phenoxy) is 1. The molecule has 0 aliphatic heterocycles. The van der Waals surface area contributed by atoms with Crippen LogP contribution < -0.4 is 5.32 Å². The lowest BCUT2D eigenvalue weighted by Crippen LogP contribution is -2.22. The molecule has 0 spiro atoms. The molecule has 0 aromatic heterocycles. The fraction of sp³-hybridized carbons (Fsp3) is 0.536. The zero-order valence-electron chi connectivity index (χ0n) is 21.0. The molecule has 35 heavy (non-hydrogen) atoms. The maximum absolute atomic E-state index is 10.2. The lowest BCUT2D eigenvalue weighted by molar-refractivity contribution is -0.136. The Hall–Kier alpha value is -2.45. The third-order valence-corrected chi connectivity index (χ3v) is 5.54. The van der Waals surface area contributed by atoms with Crippen molar-refractivity contribution in [3.05, 3.63) is 65.2 Å². The van der Waals surface area contributed by atoms with Gasteiger partial charge in [0.1, 0.15) is 5.75 Å². The van der Waals surface area contributed by atoms with Gasteiger partial charge in [-0.25, -0.2) is 0 Å². The molecule has 196 valence electrons. The van der Waals surface area contributed by atoms with E-state index < -0.39 is 12.1 Å². The quantitative estimate of drug-likeness (QED) is 0.206. The minimum atomic E-state index is -0.745. The number of aliphatic carboxylic acids is 1. The zero-order valence-corrected chi connectivity index (χ0v) is 21.0. The normalized spacial score (nSPS) is 11.5. The van der Waals surface area contributed by atoms with Crippen molar-refractivity contribution in [1.29, 1.82) is 0 Å². The smallest absolute Gasteiger partial charge is 0.303 e. The van der Waals surface area contributed by atoms with E-state index in [2.05, 4.69) is 35.6 Å². The number of aromatic hydroxyl groups is 1. The van der Waals surface area contributed by atoms with Crippen molar-refractivity contribution < 1.29 is 30.0 Å². The van der Waals surface area contributed by atoms with Crippen molar-refractivity contribution in [2.24, 2.45) is 0 Å². The number of carboxylic acids is 1. The summed E-state index contributed by atoms with van der Waals surface area (Å²) in [6.07, 6.45) is 7.46. The maximum Gasteiger partial charge on any atom is 0.303 e. The highest BCUT2D eigenvalue weighted by molar-refractivity contribution is 5.66. The standard InChI is InChI=1S/C25H37NO4.C3H6O2/c27-20-23-18-22(13-14-24(23)28)25(29)19-26-15-7-1-2-8-16-30-17-9-6-12-21-10-4-3-5-11-21;1-2-3(4)5/h3-5,10-11,13-14,18,25-29H,1-2,6-9,12,15-17,19-20H2;2H2,1H3,(H,4,5). The third kappa shape index (κ3) is 15.2. The highest BCUT2D eigenvalue weighted by Crippen LogP contribution is 2.22. The van der Waals surface area contributed by atoms with Gasteiger partial charge in [-0.05, 0) is 61.9 Å². The van der Waals surface area contributed by atoms with E-state index in [1.165, 1.54) is 18.1 Å². The van der Waals surface area contributed by atoms with Crippen molar-refractivity contribution >= 4 is 5.97 Å². The molecule has 0 saturated carbocycles. The van der Waals surface area contributed by atoms with Gasteiger partial charge in [0.15, 0.2) is 0 Å². The Morgan fingerprint density at radius 1 is 0.971 bits per heavy atom. The summed E-state index contributed by atoms with van der Waals surface area (Å²) in [5.41, 5.74) is 2.53. The average Bonchev–Trinajstić information content (AvgIpc) is 2.87. The van der Waals surface area contributed by atoms with Crippen LogP contribution in [0.5, 0.6) is 5.75 Å². The molecular formula is C28H43NO6. The fourth-order valence-electron chi connectivity index (χ4n) is 3.38. The average molecular weight is 490 g/mol. The molecule has 7 nitrogen and oxygen atoms in total. The number of aliphatic hydroxyl groups excluding tert-OH is 2. The van der Waals surface area contributed by atoms with Crippen LogP contribution in [0, 0.1) is 0 Å². The van der Waals surface area contributed by atoms with Crippen LogP contribution in [0.4, 0.5) is 0 Å². The molecule has 2 aromatic carbocycles. The summed E-state index contributed by atoms with van der Waals surface area (Å²) < 4.78 is 5.72. The molecule has 7 heteroatoms. The van der Waals surface area contributed by atoms with Crippen LogP contribution in [0.3, 0.4) is 0 Å². The lowest BCUT2D eigenvalue weighted by Gasteiger charge is -2.14. The highest BCUT2D eigenvalue weighted by atomic mass is 16.5. The van der Waals surface area contributed by atoms with Crippen LogP contribution in [0.25, 0.3) is 0 Å². The van der Waals surface area contributed by atoms with Crippen molar-refractivity contribution in [2.75, 3.05) is 26.3 Å². The number of rotatable bonds is 17. The molecule has 2 aromatic rings. The first kappa shape index (κ1) is 30.6. The van der Waals surface area contributed by atoms with Crippen molar-refractivity contribution in [2.45, 2.75) is 71.0 Å². The van der Waals surface area contributed by atoms with E-state index in [0.717, 1.165) is 58.3 Å². The fourth-order valence-corrected chi connectivity index (χ4v) is 3.38. The molecule has 2 rings (SSSR count). The first-order chi connectivity index (χ1) is 17.0. The summed E-state index contributed by atoms with van der Waals surface area (Å²) in [6.45, 7) is 4.37. The van der Waals surface area contributed by atoms with Gasteiger partial charge in [0, 0.05) is 31.7 Å². The molecule has 0 radical (unpaired) electrons.